The van der Waals surface area contributed by atoms with Gasteiger partial charge in [0.25, 0.3) is 5.69 Å². The lowest BCUT2D eigenvalue weighted by Crippen LogP contribution is -2.25. The Morgan fingerprint density at radius 1 is 1.28 bits per heavy atom. The van der Waals surface area contributed by atoms with Gasteiger partial charge < -0.3 is 5.73 Å². The van der Waals surface area contributed by atoms with Gasteiger partial charge in [0.1, 0.15) is 0 Å². The molecule has 18 heavy (non-hydrogen) atoms. The van der Waals surface area contributed by atoms with Crippen molar-refractivity contribution in [1.29, 1.82) is 0 Å². The van der Waals surface area contributed by atoms with Gasteiger partial charge in [-0.2, -0.15) is 0 Å². The fraction of sp³-hybridized carbons (Fsp3) is 0.400. The van der Waals surface area contributed by atoms with Gasteiger partial charge in [0.15, 0.2) is 4.90 Å². The second-order valence-electron chi connectivity index (χ2n) is 3.62. The number of nitro groups is 1. The first-order valence-electron chi connectivity index (χ1n) is 5.42. The second kappa shape index (κ2) is 6.43. The second-order valence-corrected chi connectivity index (χ2v) is 5.35. The third-order valence-corrected chi connectivity index (χ3v) is 3.78. The van der Waals surface area contributed by atoms with E-state index in [4.69, 9.17) is 5.73 Å². The first kappa shape index (κ1) is 14.6. The molecule has 0 aliphatic heterocycles. The molecule has 1 aromatic carbocycles. The van der Waals surface area contributed by atoms with Crippen molar-refractivity contribution in [3.8, 4) is 0 Å². The van der Waals surface area contributed by atoms with E-state index in [1.807, 2.05) is 0 Å². The molecule has 3 N–H and O–H groups in total. The molecule has 0 bridgehead atoms. The van der Waals surface area contributed by atoms with Crippen molar-refractivity contribution in [1.82, 2.24) is 4.72 Å². The zero-order chi connectivity index (χ0) is 13.6. The molecule has 100 valence electrons. The molecule has 0 amide bonds. The summed E-state index contributed by atoms with van der Waals surface area (Å²) in [7, 11) is -3.85. The van der Waals surface area contributed by atoms with Crippen molar-refractivity contribution in [3.05, 3.63) is 34.4 Å². The van der Waals surface area contributed by atoms with Crippen LogP contribution in [0.25, 0.3) is 0 Å². The number of nitrogens with two attached hydrogens (primary N) is 1. The summed E-state index contributed by atoms with van der Waals surface area (Å²) in [5, 5.41) is 10.7. The third kappa shape index (κ3) is 3.76. The summed E-state index contributed by atoms with van der Waals surface area (Å²) in [5.41, 5.74) is 4.86. The lowest BCUT2D eigenvalue weighted by atomic mass is 10.3. The van der Waals surface area contributed by atoms with Crippen LogP contribution in [-0.4, -0.2) is 26.4 Å². The highest BCUT2D eigenvalue weighted by Crippen LogP contribution is 2.22. The molecule has 8 heteroatoms. The van der Waals surface area contributed by atoms with E-state index in [0.29, 0.717) is 19.4 Å². The average Bonchev–Trinajstić information content (AvgIpc) is 2.35. The van der Waals surface area contributed by atoms with E-state index in [-0.39, 0.29) is 11.4 Å². The van der Waals surface area contributed by atoms with Gasteiger partial charge in [0.05, 0.1) is 4.92 Å². The number of benzene rings is 1. The summed E-state index contributed by atoms with van der Waals surface area (Å²) >= 11 is 0. The highest BCUT2D eigenvalue weighted by Gasteiger charge is 2.24. The standard InChI is InChI=1S/C10H15N3O4S/c11-7-3-4-8-12-18(16,17)10-6-2-1-5-9(10)13(14)15/h1-2,5-6,12H,3-4,7-8,11H2. The van der Waals surface area contributed by atoms with Gasteiger partial charge in [0, 0.05) is 12.6 Å². The number of sulfonamides is 1. The van der Waals surface area contributed by atoms with Crippen LogP contribution in [-0.2, 0) is 10.0 Å². The summed E-state index contributed by atoms with van der Waals surface area (Å²) in [6.45, 7) is 0.693. The summed E-state index contributed by atoms with van der Waals surface area (Å²) in [6.07, 6.45) is 1.29. The Labute approximate surface area is 105 Å². The summed E-state index contributed by atoms with van der Waals surface area (Å²) in [6, 6.07) is 5.24. The molecule has 0 saturated carbocycles. The maximum Gasteiger partial charge on any atom is 0.289 e. The molecule has 0 aliphatic carbocycles. The number of hydrogen-bond acceptors (Lipinski definition) is 5. The highest BCUT2D eigenvalue weighted by atomic mass is 32.2. The number of hydrogen-bond donors (Lipinski definition) is 2. The average molecular weight is 273 g/mol. The van der Waals surface area contributed by atoms with E-state index in [2.05, 4.69) is 4.72 Å². The van der Waals surface area contributed by atoms with Gasteiger partial charge in [-0.15, -0.1) is 0 Å². The lowest BCUT2D eigenvalue weighted by Gasteiger charge is -2.06. The van der Waals surface area contributed by atoms with E-state index < -0.39 is 20.6 Å². The fourth-order valence-corrected chi connectivity index (χ4v) is 2.63. The first-order valence-corrected chi connectivity index (χ1v) is 6.90. The first-order chi connectivity index (χ1) is 8.49. The van der Waals surface area contributed by atoms with Gasteiger partial charge >= 0.3 is 0 Å². The number of para-hydroxylation sites is 1. The Balaban J connectivity index is 2.88. The minimum absolute atomic E-state index is 0.214. The van der Waals surface area contributed by atoms with Crippen LogP contribution in [0.4, 0.5) is 5.69 Å². The molecule has 0 atom stereocenters. The highest BCUT2D eigenvalue weighted by molar-refractivity contribution is 7.89. The third-order valence-electron chi connectivity index (χ3n) is 2.27. The molecule has 0 fully saturated rings. The number of nitrogens with zero attached hydrogens (tertiary/aromatic N) is 1. The van der Waals surface area contributed by atoms with E-state index in [1.165, 1.54) is 18.2 Å². The maximum absolute atomic E-state index is 11.9. The molecule has 1 aromatic rings. The molecule has 1 rings (SSSR count). The predicted octanol–water partition coefficient (Wildman–Crippen LogP) is 0.612. The molecule has 0 heterocycles. The predicted molar refractivity (Wildman–Crippen MR) is 66.6 cm³/mol. The normalized spacial score (nSPS) is 11.4. The number of unbranched alkanes of at least 4 members (excludes halogenated alkanes) is 1. The Bertz CT molecular complexity index is 516. The van der Waals surface area contributed by atoms with Crippen LogP contribution < -0.4 is 10.5 Å². The Morgan fingerprint density at radius 2 is 1.94 bits per heavy atom. The van der Waals surface area contributed by atoms with Crippen molar-refractivity contribution >= 4 is 15.7 Å². The lowest BCUT2D eigenvalue weighted by molar-refractivity contribution is -0.387. The zero-order valence-electron chi connectivity index (χ0n) is 9.70. The minimum atomic E-state index is -3.85. The summed E-state index contributed by atoms with van der Waals surface area (Å²) < 4.78 is 26.1. The van der Waals surface area contributed by atoms with Crippen LogP contribution in [0.15, 0.2) is 29.2 Å². The minimum Gasteiger partial charge on any atom is -0.330 e. The summed E-state index contributed by atoms with van der Waals surface area (Å²) in [5.74, 6) is 0. The monoisotopic (exact) mass is 273 g/mol. The Morgan fingerprint density at radius 3 is 2.56 bits per heavy atom. The van der Waals surface area contributed by atoms with E-state index >= 15 is 0 Å². The van der Waals surface area contributed by atoms with Crippen LogP contribution in [0.2, 0.25) is 0 Å². The van der Waals surface area contributed by atoms with Crippen LogP contribution in [0.1, 0.15) is 12.8 Å². The molecule has 0 saturated heterocycles. The molecule has 0 aliphatic rings. The van der Waals surface area contributed by atoms with E-state index in [0.717, 1.165) is 6.07 Å². The molecular formula is C10H15N3O4S. The largest absolute Gasteiger partial charge is 0.330 e. The van der Waals surface area contributed by atoms with E-state index in [1.54, 1.807) is 0 Å². The van der Waals surface area contributed by atoms with Gasteiger partial charge in [-0.05, 0) is 25.5 Å². The smallest absolute Gasteiger partial charge is 0.289 e. The van der Waals surface area contributed by atoms with Crippen molar-refractivity contribution in [3.63, 3.8) is 0 Å². The van der Waals surface area contributed by atoms with Crippen LogP contribution in [0.3, 0.4) is 0 Å². The van der Waals surface area contributed by atoms with E-state index in [9.17, 15) is 18.5 Å². The molecular weight excluding hydrogens is 258 g/mol. The van der Waals surface area contributed by atoms with Gasteiger partial charge in [-0.1, -0.05) is 12.1 Å². The number of rotatable bonds is 7. The Hall–Kier alpha value is -1.51. The van der Waals surface area contributed by atoms with Crippen molar-refractivity contribution < 1.29 is 13.3 Å². The SMILES string of the molecule is NCCCCNS(=O)(=O)c1ccccc1[N+](=O)[O-]. The van der Waals surface area contributed by atoms with Crippen LogP contribution >= 0.6 is 0 Å². The number of nitrogens with one attached hydrogen (secondary N) is 1. The zero-order valence-corrected chi connectivity index (χ0v) is 10.5. The van der Waals surface area contributed by atoms with Gasteiger partial charge in [0.2, 0.25) is 10.0 Å². The molecule has 0 radical (unpaired) electrons. The molecule has 0 unspecified atom stereocenters. The molecule has 0 spiro atoms. The van der Waals surface area contributed by atoms with Crippen molar-refractivity contribution in [2.24, 2.45) is 5.73 Å². The number of nitro benzene ring substituents is 1. The molecule has 7 nitrogen and oxygen atoms in total. The van der Waals surface area contributed by atoms with Crippen LogP contribution in [0, 0.1) is 10.1 Å². The maximum atomic E-state index is 11.9. The Kier molecular flexibility index (Phi) is 5.20. The fourth-order valence-electron chi connectivity index (χ4n) is 1.39. The van der Waals surface area contributed by atoms with Gasteiger partial charge in [-0.25, -0.2) is 13.1 Å². The topological polar surface area (TPSA) is 115 Å². The van der Waals surface area contributed by atoms with Crippen molar-refractivity contribution in [2.75, 3.05) is 13.1 Å². The van der Waals surface area contributed by atoms with Crippen LogP contribution in [0.5, 0.6) is 0 Å². The van der Waals surface area contributed by atoms with Gasteiger partial charge in [-0.3, -0.25) is 10.1 Å². The van der Waals surface area contributed by atoms with Crippen molar-refractivity contribution in [2.45, 2.75) is 17.7 Å². The molecule has 0 aromatic heterocycles. The summed E-state index contributed by atoms with van der Waals surface area (Å²) in [4.78, 5) is 9.71. The quantitative estimate of drug-likeness (QED) is 0.429.